The van der Waals surface area contributed by atoms with E-state index in [1.54, 1.807) is 18.2 Å². The van der Waals surface area contributed by atoms with Gasteiger partial charge in [0.25, 0.3) is 5.91 Å². The molecule has 4 aromatic carbocycles. The molecule has 1 heterocycles. The Morgan fingerprint density at radius 3 is 2.50 bits per heavy atom. The number of rotatable bonds is 5. The van der Waals surface area contributed by atoms with Crippen LogP contribution in [0.1, 0.15) is 34.7 Å². The van der Waals surface area contributed by atoms with Crippen LogP contribution in [0.2, 0.25) is 5.02 Å². The maximum absolute atomic E-state index is 12.8. The van der Waals surface area contributed by atoms with Crippen molar-refractivity contribution in [1.29, 1.82) is 0 Å². The highest BCUT2D eigenvalue weighted by molar-refractivity contribution is 6.33. The van der Waals surface area contributed by atoms with E-state index in [0.29, 0.717) is 17.1 Å². The second kappa shape index (κ2) is 8.48. The number of halogens is 1. The number of para-hydroxylation sites is 2. The molecule has 158 valence electrons. The van der Waals surface area contributed by atoms with Gasteiger partial charge in [0.15, 0.2) is 0 Å². The van der Waals surface area contributed by atoms with Gasteiger partial charge in [-0.15, -0.1) is 0 Å². The van der Waals surface area contributed by atoms with E-state index in [2.05, 4.69) is 52.3 Å². The zero-order chi connectivity index (χ0) is 22.1. The third-order valence-electron chi connectivity index (χ3n) is 5.69. The molecular formula is C27H22ClN3O. The molecule has 0 saturated carbocycles. The number of carbonyl (C=O) groups is 1. The fraction of sp³-hybridized carbons (Fsp3) is 0.111. The number of nitrogens with one attached hydrogen (secondary N) is 1. The number of aromatic nitrogens is 2. The summed E-state index contributed by atoms with van der Waals surface area (Å²) < 4.78 is 2.18. The molecule has 1 aromatic heterocycles. The molecule has 1 atom stereocenters. The van der Waals surface area contributed by atoms with Crippen molar-refractivity contribution in [2.24, 2.45) is 0 Å². The fourth-order valence-electron chi connectivity index (χ4n) is 4.09. The maximum atomic E-state index is 12.8. The highest BCUT2D eigenvalue weighted by Crippen LogP contribution is 2.25. The first kappa shape index (κ1) is 20.3. The summed E-state index contributed by atoms with van der Waals surface area (Å²) in [6, 6.07) is 29.7. The van der Waals surface area contributed by atoms with Crippen LogP contribution in [0.3, 0.4) is 0 Å². The van der Waals surface area contributed by atoms with Crippen LogP contribution in [0.5, 0.6) is 0 Å². The molecule has 0 fully saturated rings. The number of imidazole rings is 1. The summed E-state index contributed by atoms with van der Waals surface area (Å²) in [5, 5.41) is 5.92. The monoisotopic (exact) mass is 439 g/mol. The van der Waals surface area contributed by atoms with Crippen LogP contribution < -0.4 is 5.32 Å². The fourth-order valence-corrected chi connectivity index (χ4v) is 4.32. The average molecular weight is 440 g/mol. The van der Waals surface area contributed by atoms with E-state index < -0.39 is 0 Å². The lowest BCUT2D eigenvalue weighted by molar-refractivity contribution is 0.0938. The summed E-state index contributed by atoms with van der Waals surface area (Å²) >= 11 is 6.22. The van der Waals surface area contributed by atoms with E-state index in [1.165, 1.54) is 16.3 Å². The normalized spacial score (nSPS) is 12.2. The first-order chi connectivity index (χ1) is 15.6. The van der Waals surface area contributed by atoms with E-state index >= 15 is 0 Å². The molecule has 0 radical (unpaired) electrons. The van der Waals surface area contributed by atoms with Crippen LogP contribution in [0, 0.1) is 0 Å². The smallest absolute Gasteiger partial charge is 0.253 e. The van der Waals surface area contributed by atoms with Crippen LogP contribution in [0.15, 0.2) is 91.0 Å². The van der Waals surface area contributed by atoms with Crippen molar-refractivity contribution in [3.05, 3.63) is 113 Å². The lowest BCUT2D eigenvalue weighted by Crippen LogP contribution is -2.29. The van der Waals surface area contributed by atoms with Crippen LogP contribution in [0.4, 0.5) is 0 Å². The van der Waals surface area contributed by atoms with Gasteiger partial charge < -0.3 is 9.88 Å². The van der Waals surface area contributed by atoms with E-state index in [-0.39, 0.29) is 11.9 Å². The lowest BCUT2D eigenvalue weighted by atomic mass is 10.1. The van der Waals surface area contributed by atoms with Crippen LogP contribution in [0.25, 0.3) is 21.8 Å². The highest BCUT2D eigenvalue weighted by Gasteiger charge is 2.20. The Morgan fingerprint density at radius 2 is 1.66 bits per heavy atom. The molecule has 0 aliphatic heterocycles. The SMILES string of the molecule is CC(NC(=O)c1ccccc1Cl)c1nc2ccccc2n1Cc1ccc2ccccc2c1. The van der Waals surface area contributed by atoms with E-state index in [4.69, 9.17) is 16.6 Å². The summed E-state index contributed by atoms with van der Waals surface area (Å²) in [6.07, 6.45) is 0. The number of hydrogen-bond donors (Lipinski definition) is 1. The Labute approximate surface area is 191 Å². The van der Waals surface area contributed by atoms with Gasteiger partial charge in [-0.2, -0.15) is 0 Å². The van der Waals surface area contributed by atoms with Gasteiger partial charge in [0.1, 0.15) is 5.82 Å². The molecule has 0 aliphatic rings. The van der Waals surface area contributed by atoms with Crippen molar-refractivity contribution in [3.63, 3.8) is 0 Å². The van der Waals surface area contributed by atoms with Crippen molar-refractivity contribution in [1.82, 2.24) is 14.9 Å². The largest absolute Gasteiger partial charge is 0.342 e. The van der Waals surface area contributed by atoms with Crippen LogP contribution in [-0.4, -0.2) is 15.5 Å². The Hall–Kier alpha value is -3.63. The van der Waals surface area contributed by atoms with Gasteiger partial charge in [-0.3, -0.25) is 4.79 Å². The van der Waals surface area contributed by atoms with Crippen molar-refractivity contribution >= 4 is 39.3 Å². The third kappa shape index (κ3) is 3.85. The van der Waals surface area contributed by atoms with E-state index in [0.717, 1.165) is 16.9 Å². The number of amides is 1. The number of hydrogen-bond acceptors (Lipinski definition) is 2. The number of fused-ring (bicyclic) bond motifs is 2. The summed E-state index contributed by atoms with van der Waals surface area (Å²) in [7, 11) is 0. The lowest BCUT2D eigenvalue weighted by Gasteiger charge is -2.17. The molecule has 32 heavy (non-hydrogen) atoms. The summed E-state index contributed by atoms with van der Waals surface area (Å²) in [5.74, 6) is 0.590. The minimum Gasteiger partial charge on any atom is -0.342 e. The Kier molecular flexibility index (Phi) is 5.38. The molecule has 0 bridgehead atoms. The first-order valence-corrected chi connectivity index (χ1v) is 11.0. The Balaban J connectivity index is 1.51. The molecule has 5 rings (SSSR count). The molecule has 5 heteroatoms. The summed E-state index contributed by atoms with van der Waals surface area (Å²) in [4.78, 5) is 17.7. The standard InChI is InChI=1S/C27H22ClN3O/c1-18(29-27(32)22-10-4-5-11-23(22)28)26-30-24-12-6-7-13-25(24)31(26)17-19-14-15-20-8-2-3-9-21(20)16-19/h2-16,18H,17H2,1H3,(H,29,32). The van der Waals surface area contributed by atoms with Crippen LogP contribution in [-0.2, 0) is 6.54 Å². The predicted octanol–water partition coefficient (Wildman–Crippen LogP) is 6.38. The second-order valence-electron chi connectivity index (χ2n) is 7.90. The van der Waals surface area contributed by atoms with Gasteiger partial charge in [-0.25, -0.2) is 4.98 Å². The van der Waals surface area contributed by atoms with Crippen molar-refractivity contribution < 1.29 is 4.79 Å². The summed E-state index contributed by atoms with van der Waals surface area (Å²) in [6.45, 7) is 2.61. The van der Waals surface area contributed by atoms with Crippen molar-refractivity contribution in [2.45, 2.75) is 19.5 Å². The Bertz CT molecular complexity index is 1440. The molecular weight excluding hydrogens is 418 g/mol. The molecule has 4 nitrogen and oxygen atoms in total. The molecule has 5 aromatic rings. The quantitative estimate of drug-likeness (QED) is 0.345. The van der Waals surface area contributed by atoms with Crippen LogP contribution >= 0.6 is 11.6 Å². The minimum atomic E-state index is -0.299. The van der Waals surface area contributed by atoms with Gasteiger partial charge in [0, 0.05) is 6.54 Å². The molecule has 1 amide bonds. The van der Waals surface area contributed by atoms with Crippen molar-refractivity contribution in [3.8, 4) is 0 Å². The maximum Gasteiger partial charge on any atom is 0.253 e. The minimum absolute atomic E-state index is 0.215. The van der Waals surface area contributed by atoms with Crippen molar-refractivity contribution in [2.75, 3.05) is 0 Å². The van der Waals surface area contributed by atoms with Gasteiger partial charge in [-0.05, 0) is 53.6 Å². The first-order valence-electron chi connectivity index (χ1n) is 10.6. The number of carbonyl (C=O) groups excluding carboxylic acids is 1. The third-order valence-corrected chi connectivity index (χ3v) is 6.02. The number of nitrogens with zero attached hydrogens (tertiary/aromatic N) is 2. The summed E-state index contributed by atoms with van der Waals surface area (Å²) in [5.41, 5.74) is 3.58. The molecule has 0 aliphatic carbocycles. The zero-order valence-electron chi connectivity index (χ0n) is 17.6. The molecule has 1 N–H and O–H groups in total. The van der Waals surface area contributed by atoms with Gasteiger partial charge >= 0.3 is 0 Å². The van der Waals surface area contributed by atoms with Gasteiger partial charge in [0.05, 0.1) is 27.7 Å². The average Bonchev–Trinajstić information content (AvgIpc) is 3.18. The van der Waals surface area contributed by atoms with Gasteiger partial charge in [-0.1, -0.05) is 72.3 Å². The van der Waals surface area contributed by atoms with Gasteiger partial charge in [0.2, 0.25) is 0 Å². The zero-order valence-corrected chi connectivity index (χ0v) is 18.4. The Morgan fingerprint density at radius 1 is 0.938 bits per heavy atom. The molecule has 0 saturated heterocycles. The molecule has 0 spiro atoms. The van der Waals surface area contributed by atoms with E-state index in [9.17, 15) is 4.79 Å². The topological polar surface area (TPSA) is 46.9 Å². The predicted molar refractivity (Wildman–Crippen MR) is 130 cm³/mol. The van der Waals surface area contributed by atoms with E-state index in [1.807, 2.05) is 37.3 Å². The highest BCUT2D eigenvalue weighted by atomic mass is 35.5. The molecule has 1 unspecified atom stereocenters. The number of benzene rings is 4. The second-order valence-corrected chi connectivity index (χ2v) is 8.31.